The fourth-order valence-electron chi connectivity index (χ4n) is 2.82. The third-order valence-corrected chi connectivity index (χ3v) is 21.7. The molecular weight excluding hydrogens is 601 g/mol. The van der Waals surface area contributed by atoms with Gasteiger partial charge in [-0.25, -0.2) is 0 Å². The molecular formula is C18H14S12. The SMILES string of the molecule is C1=C(CCC2=CSC(=C3SC4=C(SCCS4)S3)S2)SC(=C2SC3=C(SCCS3)S2)S1. The van der Waals surface area contributed by atoms with E-state index in [-0.39, 0.29) is 0 Å². The van der Waals surface area contributed by atoms with Gasteiger partial charge in [0, 0.05) is 23.0 Å². The zero-order chi connectivity index (χ0) is 19.9. The molecule has 6 rings (SSSR count). The molecule has 0 aromatic rings. The van der Waals surface area contributed by atoms with Crippen molar-refractivity contribution in [2.75, 3.05) is 23.0 Å². The van der Waals surface area contributed by atoms with Crippen LogP contribution >= 0.6 is 141 Å². The van der Waals surface area contributed by atoms with Crippen molar-refractivity contribution in [3.63, 3.8) is 0 Å². The van der Waals surface area contributed by atoms with Gasteiger partial charge in [-0.1, -0.05) is 94.1 Å². The molecule has 0 nitrogen and oxygen atoms in total. The van der Waals surface area contributed by atoms with Crippen LogP contribution < -0.4 is 0 Å². The van der Waals surface area contributed by atoms with E-state index < -0.39 is 0 Å². The van der Waals surface area contributed by atoms with E-state index in [4.69, 9.17) is 0 Å². The largest absolute Gasteiger partial charge is 0.116 e. The Labute approximate surface area is 228 Å². The average Bonchev–Trinajstić information content (AvgIpc) is 3.56. The summed E-state index contributed by atoms with van der Waals surface area (Å²) in [5.74, 6) is 5.05. The third kappa shape index (κ3) is 5.24. The van der Waals surface area contributed by atoms with Crippen molar-refractivity contribution in [1.29, 1.82) is 0 Å². The van der Waals surface area contributed by atoms with E-state index in [2.05, 4.69) is 10.8 Å². The molecule has 0 saturated carbocycles. The molecule has 0 atom stereocenters. The van der Waals surface area contributed by atoms with Crippen LogP contribution in [0.1, 0.15) is 12.8 Å². The lowest BCUT2D eigenvalue weighted by Crippen LogP contribution is -1.88. The molecule has 0 aromatic heterocycles. The number of thioether (sulfide) groups is 12. The second-order valence-electron chi connectivity index (χ2n) is 6.21. The normalized spacial score (nSPS) is 26.7. The van der Waals surface area contributed by atoms with Gasteiger partial charge in [0.1, 0.15) is 0 Å². The standard InChI is InChI=1S/C18H14S12/c1(9-7-23-15(25-9)17-27-11-12(28-17)20-4-3-19-11)2-10-8-24-16(26-10)18-29-13-14(30-18)22-6-5-21-13/h7-8H,1-6H2. The van der Waals surface area contributed by atoms with E-state index in [1.54, 1.807) is 16.9 Å². The molecule has 6 aliphatic heterocycles. The first-order valence-corrected chi connectivity index (χ1v) is 19.7. The zero-order valence-electron chi connectivity index (χ0n) is 15.3. The quantitative estimate of drug-likeness (QED) is 0.297. The molecule has 0 radical (unpaired) electrons. The van der Waals surface area contributed by atoms with Crippen LogP contribution in [0, 0.1) is 0 Å². The van der Waals surface area contributed by atoms with Gasteiger partial charge >= 0.3 is 0 Å². The molecule has 0 spiro atoms. The Bertz CT molecular complexity index is 848. The lowest BCUT2D eigenvalue weighted by atomic mass is 10.3. The lowest BCUT2D eigenvalue weighted by molar-refractivity contribution is 1.03. The van der Waals surface area contributed by atoms with Crippen LogP contribution in [0.15, 0.2) is 54.5 Å². The van der Waals surface area contributed by atoms with Crippen molar-refractivity contribution in [3.8, 4) is 0 Å². The highest BCUT2D eigenvalue weighted by Gasteiger charge is 2.31. The number of rotatable bonds is 3. The summed E-state index contributed by atoms with van der Waals surface area (Å²) in [6.07, 6.45) is 2.34. The monoisotopic (exact) mass is 614 g/mol. The molecule has 0 N–H and O–H groups in total. The van der Waals surface area contributed by atoms with Crippen molar-refractivity contribution in [2.24, 2.45) is 0 Å². The van der Waals surface area contributed by atoms with Crippen molar-refractivity contribution in [1.82, 2.24) is 0 Å². The van der Waals surface area contributed by atoms with Gasteiger partial charge in [0.05, 0.1) is 33.9 Å². The molecule has 0 amide bonds. The van der Waals surface area contributed by atoms with E-state index in [0.717, 1.165) is 0 Å². The van der Waals surface area contributed by atoms with Crippen molar-refractivity contribution in [2.45, 2.75) is 12.8 Å². The molecule has 0 aliphatic carbocycles. The van der Waals surface area contributed by atoms with Gasteiger partial charge in [0.25, 0.3) is 0 Å². The van der Waals surface area contributed by atoms with Crippen molar-refractivity contribution < 1.29 is 0 Å². The first-order valence-electron chi connectivity index (χ1n) is 9.08. The Hall–Kier alpha value is 2.64. The van der Waals surface area contributed by atoms with Crippen LogP contribution in [-0.2, 0) is 0 Å². The predicted molar refractivity (Wildman–Crippen MR) is 164 cm³/mol. The first kappa shape index (κ1) is 23.1. The third-order valence-electron chi connectivity index (χ3n) is 4.17. The number of hydrogen-bond donors (Lipinski definition) is 0. The van der Waals surface area contributed by atoms with E-state index in [1.165, 1.54) is 62.6 Å². The fraction of sp³-hybridized carbons (Fsp3) is 0.333. The van der Waals surface area contributed by atoms with Gasteiger partial charge in [-0.05, 0) is 33.5 Å². The summed E-state index contributed by atoms with van der Waals surface area (Å²) in [5.41, 5.74) is 0. The lowest BCUT2D eigenvalue weighted by Gasteiger charge is -2.08. The van der Waals surface area contributed by atoms with Gasteiger partial charge in [-0.2, -0.15) is 0 Å². The Morgan fingerprint density at radius 1 is 0.433 bits per heavy atom. The molecule has 0 unspecified atom stereocenters. The maximum Gasteiger partial charge on any atom is 0.0717 e. The summed E-state index contributed by atoms with van der Waals surface area (Å²) in [4.78, 5) is 3.08. The maximum absolute atomic E-state index is 2.40. The predicted octanol–water partition coefficient (Wildman–Crippen LogP) is 10.8. The minimum atomic E-state index is 1.17. The van der Waals surface area contributed by atoms with E-state index in [0.29, 0.717) is 0 Å². The van der Waals surface area contributed by atoms with Crippen molar-refractivity contribution >= 4 is 141 Å². The molecule has 0 bridgehead atoms. The average molecular weight is 615 g/mol. The van der Waals surface area contributed by atoms with E-state index >= 15 is 0 Å². The second-order valence-corrected chi connectivity index (χ2v) is 20.8. The highest BCUT2D eigenvalue weighted by molar-refractivity contribution is 8.44. The smallest absolute Gasteiger partial charge is 0.0717 e. The van der Waals surface area contributed by atoms with Crippen LogP contribution in [0.5, 0.6) is 0 Å². The van der Waals surface area contributed by atoms with Crippen LogP contribution in [0.4, 0.5) is 0 Å². The van der Waals surface area contributed by atoms with Crippen molar-refractivity contribution in [3.05, 3.63) is 54.5 Å². The molecule has 6 aliphatic rings. The van der Waals surface area contributed by atoms with Gasteiger partial charge in [-0.15, -0.1) is 47.0 Å². The number of hydrogen-bond acceptors (Lipinski definition) is 12. The van der Waals surface area contributed by atoms with Crippen LogP contribution in [0.25, 0.3) is 0 Å². The maximum atomic E-state index is 2.40. The Morgan fingerprint density at radius 3 is 1.17 bits per heavy atom. The van der Waals surface area contributed by atoms with Gasteiger partial charge in [-0.3, -0.25) is 0 Å². The Kier molecular flexibility index (Phi) is 8.24. The molecule has 6 heterocycles. The highest BCUT2D eigenvalue weighted by atomic mass is 32.3. The van der Waals surface area contributed by atoms with E-state index in [1.807, 2.05) is 141 Å². The Morgan fingerprint density at radius 2 is 0.800 bits per heavy atom. The Balaban J connectivity index is 1.01. The first-order chi connectivity index (χ1) is 14.8. The summed E-state index contributed by atoms with van der Waals surface area (Å²) in [6, 6.07) is 0. The summed E-state index contributed by atoms with van der Waals surface area (Å²) in [5, 5.41) is 4.79. The second kappa shape index (κ2) is 10.7. The van der Waals surface area contributed by atoms with Crippen LogP contribution in [0.2, 0.25) is 0 Å². The molecule has 12 heteroatoms. The summed E-state index contributed by atoms with van der Waals surface area (Å²) in [6.45, 7) is 0. The van der Waals surface area contributed by atoms with Crippen LogP contribution in [-0.4, -0.2) is 23.0 Å². The molecule has 30 heavy (non-hydrogen) atoms. The molecule has 0 aromatic carbocycles. The highest BCUT2D eigenvalue weighted by Crippen LogP contribution is 2.65. The fourth-order valence-corrected chi connectivity index (χ4v) is 20.1. The summed E-state index contributed by atoms with van der Waals surface area (Å²) < 4.78 is 12.2. The van der Waals surface area contributed by atoms with Gasteiger partial charge < -0.3 is 0 Å². The van der Waals surface area contributed by atoms with E-state index in [9.17, 15) is 0 Å². The minimum Gasteiger partial charge on any atom is -0.116 e. The van der Waals surface area contributed by atoms with Gasteiger partial charge in [0.2, 0.25) is 0 Å². The molecule has 158 valence electrons. The molecule has 0 fully saturated rings. The minimum absolute atomic E-state index is 1.17. The van der Waals surface area contributed by atoms with Crippen LogP contribution in [0.3, 0.4) is 0 Å². The summed E-state index contributed by atoms with van der Waals surface area (Å²) in [7, 11) is 0. The number of allylic oxidation sites excluding steroid dienone is 2. The van der Waals surface area contributed by atoms with Gasteiger partial charge in [0.15, 0.2) is 0 Å². The molecule has 0 saturated heterocycles. The zero-order valence-corrected chi connectivity index (χ0v) is 25.1. The topological polar surface area (TPSA) is 0 Å². The summed E-state index contributed by atoms with van der Waals surface area (Å²) >= 11 is 24.2.